The first-order chi connectivity index (χ1) is 12.5. The van der Waals surface area contributed by atoms with Gasteiger partial charge in [0.2, 0.25) is 5.91 Å². The summed E-state index contributed by atoms with van der Waals surface area (Å²) in [5.74, 6) is 1.91. The molecule has 8 heteroatoms. The van der Waals surface area contributed by atoms with Crippen molar-refractivity contribution in [1.82, 2.24) is 9.55 Å². The molecular formula is C18H21N3O4S. The summed E-state index contributed by atoms with van der Waals surface area (Å²) < 4.78 is 12.5. The van der Waals surface area contributed by atoms with E-state index >= 15 is 0 Å². The lowest BCUT2D eigenvalue weighted by Gasteiger charge is -2.28. The highest BCUT2D eigenvalue weighted by molar-refractivity contribution is 7.99. The lowest BCUT2D eigenvalue weighted by atomic mass is 9.86. The number of nitrogens with zero attached hydrogens (tertiary/aromatic N) is 2. The number of methoxy groups -OCH3 is 2. The molecule has 2 heterocycles. The number of ether oxygens (including phenoxy) is 2. The number of carbonyl (C=O) groups excluding carboxylic acids is 1. The predicted octanol–water partition coefficient (Wildman–Crippen LogP) is 2.38. The summed E-state index contributed by atoms with van der Waals surface area (Å²) in [5, 5.41) is 3.41. The van der Waals surface area contributed by atoms with E-state index < -0.39 is 5.92 Å². The fourth-order valence-electron chi connectivity index (χ4n) is 3.17. The van der Waals surface area contributed by atoms with E-state index in [-0.39, 0.29) is 17.9 Å². The van der Waals surface area contributed by atoms with Crippen molar-refractivity contribution in [1.29, 1.82) is 0 Å². The Morgan fingerprint density at radius 1 is 1.31 bits per heavy atom. The van der Waals surface area contributed by atoms with Gasteiger partial charge in [-0.15, -0.1) is 0 Å². The van der Waals surface area contributed by atoms with Gasteiger partial charge in [0.25, 0.3) is 5.56 Å². The highest BCUT2D eigenvalue weighted by Crippen LogP contribution is 2.40. The van der Waals surface area contributed by atoms with Crippen LogP contribution in [0.1, 0.15) is 30.4 Å². The normalized spacial score (nSPS) is 16.0. The number of thioether (sulfide) groups is 1. The summed E-state index contributed by atoms with van der Waals surface area (Å²) in [4.78, 5) is 29.4. The Hall–Kier alpha value is -2.48. The predicted molar refractivity (Wildman–Crippen MR) is 101 cm³/mol. The van der Waals surface area contributed by atoms with Crippen molar-refractivity contribution >= 4 is 23.5 Å². The van der Waals surface area contributed by atoms with Gasteiger partial charge in [-0.3, -0.25) is 9.59 Å². The van der Waals surface area contributed by atoms with E-state index in [2.05, 4.69) is 10.3 Å². The molecule has 1 amide bonds. The topological polar surface area (TPSA) is 82.5 Å². The number of aromatic nitrogens is 2. The Morgan fingerprint density at radius 2 is 2.08 bits per heavy atom. The Bertz CT molecular complexity index is 910. The molecule has 1 aromatic heterocycles. The summed E-state index contributed by atoms with van der Waals surface area (Å²) in [6, 6.07) is 5.36. The molecule has 1 aliphatic heterocycles. The fraction of sp³-hybridized carbons (Fsp3) is 0.389. The van der Waals surface area contributed by atoms with Crippen LogP contribution in [0.15, 0.2) is 28.2 Å². The minimum Gasteiger partial charge on any atom is -0.497 e. The molecule has 1 N–H and O–H groups in total. The number of carbonyl (C=O) groups is 1. The zero-order valence-corrected chi connectivity index (χ0v) is 16.0. The number of rotatable bonds is 5. The molecule has 0 aliphatic carbocycles. The molecule has 1 aliphatic rings. The summed E-state index contributed by atoms with van der Waals surface area (Å²) >= 11 is 1.46. The number of anilines is 1. The SMILES string of the molecule is CCSc1nc(=O)c2c(n1C)NC(=O)C[C@H]2c1cc(OC)ccc1OC. The quantitative estimate of drug-likeness (QED) is 0.638. The maximum atomic E-state index is 12.8. The van der Waals surface area contributed by atoms with Gasteiger partial charge in [-0.1, -0.05) is 18.7 Å². The monoisotopic (exact) mass is 375 g/mol. The van der Waals surface area contributed by atoms with Crippen LogP contribution < -0.4 is 20.3 Å². The van der Waals surface area contributed by atoms with Crippen molar-refractivity contribution in [2.75, 3.05) is 25.3 Å². The first-order valence-corrected chi connectivity index (χ1v) is 9.24. The average molecular weight is 375 g/mol. The van der Waals surface area contributed by atoms with E-state index in [9.17, 15) is 9.59 Å². The van der Waals surface area contributed by atoms with E-state index in [4.69, 9.17) is 9.47 Å². The van der Waals surface area contributed by atoms with E-state index in [1.165, 1.54) is 11.8 Å². The van der Waals surface area contributed by atoms with Gasteiger partial charge in [-0.05, 0) is 24.0 Å². The van der Waals surface area contributed by atoms with Crippen LogP contribution in [0.3, 0.4) is 0 Å². The third kappa shape index (κ3) is 3.16. The van der Waals surface area contributed by atoms with E-state index in [0.29, 0.717) is 28.0 Å². The largest absolute Gasteiger partial charge is 0.497 e. The highest BCUT2D eigenvalue weighted by Gasteiger charge is 2.33. The molecule has 1 aromatic carbocycles. The molecule has 0 radical (unpaired) electrons. The number of benzene rings is 1. The Morgan fingerprint density at radius 3 is 2.73 bits per heavy atom. The van der Waals surface area contributed by atoms with E-state index in [0.717, 1.165) is 11.3 Å². The van der Waals surface area contributed by atoms with Crippen LogP contribution in [0.5, 0.6) is 11.5 Å². The molecule has 0 unspecified atom stereocenters. The van der Waals surface area contributed by atoms with Crippen molar-refractivity contribution in [3.8, 4) is 11.5 Å². The summed E-state index contributed by atoms with van der Waals surface area (Å²) in [5.41, 5.74) is 0.876. The zero-order valence-electron chi connectivity index (χ0n) is 15.2. The third-order valence-electron chi connectivity index (χ3n) is 4.39. The van der Waals surface area contributed by atoms with E-state index in [1.54, 1.807) is 44.0 Å². The number of amides is 1. The van der Waals surface area contributed by atoms with Crippen LogP contribution in [0.25, 0.3) is 0 Å². The number of hydrogen-bond donors (Lipinski definition) is 1. The van der Waals surface area contributed by atoms with Gasteiger partial charge in [-0.25, -0.2) is 0 Å². The molecule has 0 saturated carbocycles. The van der Waals surface area contributed by atoms with Crippen LogP contribution in [0.4, 0.5) is 5.82 Å². The molecular weight excluding hydrogens is 354 g/mol. The van der Waals surface area contributed by atoms with E-state index in [1.807, 2.05) is 6.92 Å². The summed E-state index contributed by atoms with van der Waals surface area (Å²) in [6.07, 6.45) is 0.147. The van der Waals surface area contributed by atoms with Gasteiger partial charge in [-0.2, -0.15) is 4.98 Å². The van der Waals surface area contributed by atoms with Crippen molar-refractivity contribution < 1.29 is 14.3 Å². The molecule has 0 saturated heterocycles. The second kappa shape index (κ2) is 7.41. The minimum absolute atomic E-state index is 0.147. The highest BCUT2D eigenvalue weighted by atomic mass is 32.2. The van der Waals surface area contributed by atoms with Gasteiger partial charge in [0.15, 0.2) is 5.16 Å². The third-order valence-corrected chi connectivity index (χ3v) is 5.30. The van der Waals surface area contributed by atoms with Crippen molar-refractivity contribution in [3.63, 3.8) is 0 Å². The van der Waals surface area contributed by atoms with Crippen LogP contribution in [-0.2, 0) is 11.8 Å². The van der Waals surface area contributed by atoms with Crippen LogP contribution >= 0.6 is 11.8 Å². The smallest absolute Gasteiger partial charge is 0.279 e. The number of nitrogens with one attached hydrogen (secondary N) is 1. The molecule has 138 valence electrons. The number of hydrogen-bond acceptors (Lipinski definition) is 6. The van der Waals surface area contributed by atoms with Crippen molar-refractivity contribution in [2.24, 2.45) is 7.05 Å². The molecule has 7 nitrogen and oxygen atoms in total. The first kappa shape index (κ1) is 18.3. The van der Waals surface area contributed by atoms with Gasteiger partial charge in [0.1, 0.15) is 17.3 Å². The zero-order chi connectivity index (χ0) is 18.8. The molecule has 1 atom stereocenters. The maximum Gasteiger partial charge on any atom is 0.279 e. The fourth-order valence-corrected chi connectivity index (χ4v) is 3.86. The average Bonchev–Trinajstić information content (AvgIpc) is 2.64. The maximum absolute atomic E-state index is 12.8. The van der Waals surface area contributed by atoms with Crippen molar-refractivity contribution in [2.45, 2.75) is 24.4 Å². The Kier molecular flexibility index (Phi) is 5.22. The first-order valence-electron chi connectivity index (χ1n) is 8.25. The molecule has 0 fully saturated rings. The lowest BCUT2D eigenvalue weighted by molar-refractivity contribution is -0.116. The van der Waals surface area contributed by atoms with Crippen molar-refractivity contribution in [3.05, 3.63) is 39.7 Å². The van der Waals surface area contributed by atoms with Gasteiger partial charge in [0.05, 0.1) is 19.8 Å². The standard InChI is InChI=1S/C18H21N3O4S/c1-5-26-18-20-17(23)15-12(9-14(22)19-16(15)21(18)2)11-8-10(24-3)6-7-13(11)25-4/h6-8,12H,5,9H2,1-4H3,(H,19,22)/t12-/m0/s1. The molecule has 26 heavy (non-hydrogen) atoms. The molecule has 3 rings (SSSR count). The second-order valence-electron chi connectivity index (χ2n) is 5.87. The van der Waals surface area contributed by atoms with Crippen LogP contribution in [0, 0.1) is 0 Å². The van der Waals surface area contributed by atoms with Gasteiger partial charge >= 0.3 is 0 Å². The minimum atomic E-state index is -0.448. The van der Waals surface area contributed by atoms with Gasteiger partial charge in [0, 0.05) is 24.9 Å². The molecule has 0 spiro atoms. The number of fused-ring (bicyclic) bond motifs is 1. The second-order valence-corrected chi connectivity index (χ2v) is 7.10. The molecule has 0 bridgehead atoms. The summed E-state index contributed by atoms with van der Waals surface area (Å²) in [7, 11) is 4.93. The van der Waals surface area contributed by atoms with Crippen LogP contribution in [-0.4, -0.2) is 35.4 Å². The Balaban J connectivity index is 2.23. The van der Waals surface area contributed by atoms with Crippen LogP contribution in [0.2, 0.25) is 0 Å². The molecule has 2 aromatic rings. The summed E-state index contributed by atoms with van der Waals surface area (Å²) in [6.45, 7) is 1.98. The Labute approximate surface area is 155 Å². The van der Waals surface area contributed by atoms with Gasteiger partial charge < -0.3 is 19.4 Å². The lowest BCUT2D eigenvalue weighted by Crippen LogP contribution is -2.33.